The molecule has 0 radical (unpaired) electrons. The Hall–Kier alpha value is -1.50. The molecule has 0 aliphatic rings. The van der Waals surface area contributed by atoms with Crippen LogP contribution in [0.3, 0.4) is 0 Å². The number of rotatable bonds is 4. The van der Waals surface area contributed by atoms with Gasteiger partial charge in [0, 0.05) is 23.4 Å². The molecule has 1 aromatic carbocycles. The summed E-state index contributed by atoms with van der Waals surface area (Å²) in [5.74, 6) is 0.767. The van der Waals surface area contributed by atoms with E-state index in [9.17, 15) is 13.2 Å². The van der Waals surface area contributed by atoms with Crippen LogP contribution in [0.2, 0.25) is 0 Å². The number of alkyl halides is 3. The molecule has 0 atom stereocenters. The van der Waals surface area contributed by atoms with Crippen LogP contribution in [-0.2, 0) is 12.7 Å². The minimum atomic E-state index is -4.43. The van der Waals surface area contributed by atoms with E-state index >= 15 is 0 Å². The lowest BCUT2D eigenvalue weighted by Crippen LogP contribution is -2.12. The van der Waals surface area contributed by atoms with E-state index in [4.69, 9.17) is 0 Å². The van der Waals surface area contributed by atoms with Gasteiger partial charge in [0.05, 0.1) is 11.3 Å². The minimum absolute atomic E-state index is 0.0121. The highest BCUT2D eigenvalue weighted by molar-refractivity contribution is 9.10. The Morgan fingerprint density at radius 2 is 2.05 bits per heavy atom. The third-order valence-electron chi connectivity index (χ3n) is 2.81. The molecule has 0 spiro atoms. The Bertz CT molecular complexity index is 620. The van der Waals surface area contributed by atoms with Crippen LogP contribution in [-0.4, -0.2) is 9.55 Å². The van der Waals surface area contributed by atoms with E-state index in [0.29, 0.717) is 22.9 Å². The van der Waals surface area contributed by atoms with E-state index < -0.39 is 11.7 Å². The summed E-state index contributed by atoms with van der Waals surface area (Å²) in [4.78, 5) is 4.08. The van der Waals surface area contributed by atoms with Crippen molar-refractivity contribution >= 4 is 27.6 Å². The van der Waals surface area contributed by atoms with E-state index in [0.717, 1.165) is 6.07 Å². The number of benzene rings is 1. The van der Waals surface area contributed by atoms with Crippen LogP contribution >= 0.6 is 15.9 Å². The van der Waals surface area contributed by atoms with E-state index in [2.05, 4.69) is 26.2 Å². The number of anilines is 2. The van der Waals surface area contributed by atoms with Crippen molar-refractivity contribution in [1.82, 2.24) is 9.55 Å². The molecule has 0 unspecified atom stereocenters. The second-order valence-corrected chi connectivity index (χ2v) is 6.03. The first-order valence-corrected chi connectivity index (χ1v) is 7.21. The molecule has 0 amide bonds. The van der Waals surface area contributed by atoms with Crippen LogP contribution in [0, 0.1) is 5.92 Å². The molecular formula is C14H15BrF3N3. The van der Waals surface area contributed by atoms with Gasteiger partial charge in [-0.25, -0.2) is 4.98 Å². The molecule has 0 bridgehead atoms. The summed E-state index contributed by atoms with van der Waals surface area (Å²) in [6.45, 7) is 4.75. The highest BCUT2D eigenvalue weighted by Gasteiger charge is 2.34. The summed E-state index contributed by atoms with van der Waals surface area (Å²) in [5.41, 5.74) is -0.738. The minimum Gasteiger partial charge on any atom is -0.325 e. The van der Waals surface area contributed by atoms with Crippen LogP contribution in [0.5, 0.6) is 0 Å². The summed E-state index contributed by atoms with van der Waals surface area (Å²) >= 11 is 3.07. The van der Waals surface area contributed by atoms with E-state index in [1.165, 1.54) is 6.07 Å². The van der Waals surface area contributed by atoms with Crippen molar-refractivity contribution < 1.29 is 13.2 Å². The van der Waals surface area contributed by atoms with Gasteiger partial charge >= 0.3 is 6.18 Å². The first-order valence-electron chi connectivity index (χ1n) is 6.42. The lowest BCUT2D eigenvalue weighted by atomic mass is 10.1. The van der Waals surface area contributed by atoms with Gasteiger partial charge < -0.3 is 9.88 Å². The Morgan fingerprint density at radius 1 is 1.33 bits per heavy atom. The highest BCUT2D eigenvalue weighted by atomic mass is 79.9. The van der Waals surface area contributed by atoms with Crippen LogP contribution < -0.4 is 5.32 Å². The molecule has 2 rings (SSSR count). The Morgan fingerprint density at radius 3 is 2.67 bits per heavy atom. The fraction of sp³-hybridized carbons (Fsp3) is 0.357. The molecule has 0 aliphatic heterocycles. The van der Waals surface area contributed by atoms with Gasteiger partial charge in [0.15, 0.2) is 0 Å². The molecule has 0 fully saturated rings. The Kier molecular flexibility index (Phi) is 4.61. The lowest BCUT2D eigenvalue weighted by molar-refractivity contribution is -0.137. The predicted octanol–water partition coefficient (Wildman–Crippen LogP) is 5.06. The largest absolute Gasteiger partial charge is 0.418 e. The Balaban J connectivity index is 2.34. The van der Waals surface area contributed by atoms with Crippen LogP contribution in [0.4, 0.5) is 24.8 Å². The number of imidazole rings is 1. The summed E-state index contributed by atoms with van der Waals surface area (Å²) in [6.07, 6.45) is -1.12. The zero-order valence-electron chi connectivity index (χ0n) is 11.6. The molecule has 3 nitrogen and oxygen atoms in total. The Labute approximate surface area is 129 Å². The maximum absolute atomic E-state index is 13.1. The SMILES string of the molecule is CC(C)Cn1ccnc1Nc1ccc(Br)cc1C(F)(F)F. The van der Waals surface area contributed by atoms with Crippen LogP contribution in [0.1, 0.15) is 19.4 Å². The summed E-state index contributed by atoms with van der Waals surface area (Å²) in [5, 5.41) is 2.77. The highest BCUT2D eigenvalue weighted by Crippen LogP contribution is 2.37. The molecule has 0 saturated heterocycles. The first-order chi connectivity index (χ1) is 9.77. The number of nitrogens with one attached hydrogen (secondary N) is 1. The van der Waals surface area contributed by atoms with Gasteiger partial charge in [0.1, 0.15) is 0 Å². The molecule has 114 valence electrons. The number of aromatic nitrogens is 2. The molecule has 21 heavy (non-hydrogen) atoms. The number of hydrogen-bond acceptors (Lipinski definition) is 2. The standard InChI is InChI=1S/C14H15BrF3N3/c1-9(2)8-21-6-5-19-13(21)20-12-4-3-10(15)7-11(12)14(16,17)18/h3-7,9H,8H2,1-2H3,(H,19,20). The second kappa shape index (κ2) is 6.09. The zero-order chi connectivity index (χ0) is 15.6. The summed E-state index contributed by atoms with van der Waals surface area (Å²) < 4.78 is 41.4. The third-order valence-corrected chi connectivity index (χ3v) is 3.30. The number of nitrogens with zero attached hydrogens (tertiary/aromatic N) is 2. The lowest BCUT2D eigenvalue weighted by Gasteiger charge is -2.16. The molecule has 0 aliphatic carbocycles. The van der Waals surface area contributed by atoms with E-state index in [1.807, 2.05) is 13.8 Å². The molecule has 7 heteroatoms. The van der Waals surface area contributed by atoms with Crippen molar-refractivity contribution in [3.05, 3.63) is 40.6 Å². The van der Waals surface area contributed by atoms with Crippen LogP contribution in [0.25, 0.3) is 0 Å². The van der Waals surface area contributed by atoms with Crippen molar-refractivity contribution in [3.8, 4) is 0 Å². The second-order valence-electron chi connectivity index (χ2n) is 5.11. The van der Waals surface area contributed by atoms with Gasteiger partial charge in [-0.1, -0.05) is 29.8 Å². The quantitative estimate of drug-likeness (QED) is 0.824. The van der Waals surface area contributed by atoms with Gasteiger partial charge in [-0.15, -0.1) is 0 Å². The van der Waals surface area contributed by atoms with Crippen molar-refractivity contribution in [1.29, 1.82) is 0 Å². The monoisotopic (exact) mass is 361 g/mol. The van der Waals surface area contributed by atoms with Crippen LogP contribution in [0.15, 0.2) is 35.1 Å². The summed E-state index contributed by atoms with van der Waals surface area (Å²) in [6, 6.07) is 4.01. The van der Waals surface area contributed by atoms with Crippen molar-refractivity contribution in [2.45, 2.75) is 26.6 Å². The van der Waals surface area contributed by atoms with Crippen molar-refractivity contribution in [2.24, 2.45) is 5.92 Å². The fourth-order valence-electron chi connectivity index (χ4n) is 1.95. The van der Waals surface area contributed by atoms with Crippen molar-refractivity contribution in [2.75, 3.05) is 5.32 Å². The molecule has 2 aromatic rings. The number of hydrogen-bond donors (Lipinski definition) is 1. The number of halogens is 4. The topological polar surface area (TPSA) is 29.9 Å². The third kappa shape index (κ3) is 4.00. The van der Waals surface area contributed by atoms with E-state index in [1.54, 1.807) is 23.0 Å². The van der Waals surface area contributed by atoms with Gasteiger partial charge in [-0.2, -0.15) is 13.2 Å². The molecule has 1 heterocycles. The average Bonchev–Trinajstić information content (AvgIpc) is 2.77. The van der Waals surface area contributed by atoms with Gasteiger partial charge in [0.25, 0.3) is 0 Å². The maximum Gasteiger partial charge on any atom is 0.418 e. The van der Waals surface area contributed by atoms with Gasteiger partial charge in [-0.3, -0.25) is 0 Å². The van der Waals surface area contributed by atoms with Crippen molar-refractivity contribution in [3.63, 3.8) is 0 Å². The normalized spacial score (nSPS) is 12.0. The predicted molar refractivity (Wildman–Crippen MR) is 79.5 cm³/mol. The molecular weight excluding hydrogens is 347 g/mol. The smallest absolute Gasteiger partial charge is 0.325 e. The fourth-order valence-corrected chi connectivity index (χ4v) is 2.32. The molecule has 0 saturated carbocycles. The maximum atomic E-state index is 13.1. The zero-order valence-corrected chi connectivity index (χ0v) is 13.2. The summed E-state index contributed by atoms with van der Waals surface area (Å²) in [7, 11) is 0. The van der Waals surface area contributed by atoms with Gasteiger partial charge in [0.2, 0.25) is 5.95 Å². The average molecular weight is 362 g/mol. The van der Waals surface area contributed by atoms with E-state index in [-0.39, 0.29) is 5.69 Å². The van der Waals surface area contributed by atoms with Gasteiger partial charge in [-0.05, 0) is 24.1 Å². The first kappa shape index (κ1) is 15.9. The molecule has 1 N–H and O–H groups in total. The molecule has 1 aromatic heterocycles.